The van der Waals surface area contributed by atoms with Gasteiger partial charge in [0, 0.05) is 54.4 Å². The van der Waals surface area contributed by atoms with Crippen LogP contribution in [0.25, 0.3) is 10.9 Å². The molecule has 2 aromatic carbocycles. The number of pyridine rings is 1. The van der Waals surface area contributed by atoms with Gasteiger partial charge in [0.2, 0.25) is 21.8 Å². The van der Waals surface area contributed by atoms with E-state index in [1.165, 1.54) is 30.9 Å². The summed E-state index contributed by atoms with van der Waals surface area (Å²) in [7, 11) is -4.34. The third-order valence-corrected chi connectivity index (χ3v) is 10.8. The summed E-state index contributed by atoms with van der Waals surface area (Å²) in [5.74, 6) is -0.495. The van der Waals surface area contributed by atoms with Gasteiger partial charge in [0.05, 0.1) is 5.02 Å². The number of nitrogens with zero attached hydrogens (tertiary/aromatic N) is 5. The van der Waals surface area contributed by atoms with Crippen LogP contribution < -0.4 is 32.4 Å². The average Bonchev–Trinajstić information content (AvgIpc) is 3.06. The van der Waals surface area contributed by atoms with Gasteiger partial charge in [0.25, 0.3) is 0 Å². The molecule has 1 aliphatic heterocycles. The lowest BCUT2D eigenvalue weighted by atomic mass is 10.0. The molecule has 9 N–H and O–H groups in total. The lowest BCUT2D eigenvalue weighted by Crippen LogP contribution is -2.60. The highest BCUT2D eigenvalue weighted by atomic mass is 35.5. The summed E-state index contributed by atoms with van der Waals surface area (Å²) in [6, 6.07) is 11.2. The van der Waals surface area contributed by atoms with E-state index in [1.807, 2.05) is 31.2 Å². The molecule has 1 aromatic heterocycles. The molecule has 0 saturated carbocycles. The Labute approximate surface area is 307 Å². The van der Waals surface area contributed by atoms with E-state index in [0.717, 1.165) is 11.1 Å². The molecule has 1 unspecified atom stereocenters. The number of sulfonamides is 1. The van der Waals surface area contributed by atoms with E-state index in [2.05, 4.69) is 19.7 Å². The van der Waals surface area contributed by atoms with Crippen LogP contribution in [0, 0.1) is 6.92 Å². The molecule has 1 fully saturated rings. The van der Waals surface area contributed by atoms with Crippen LogP contribution in [0.4, 0.5) is 0 Å². The number of hydrogen-bond donors (Lipinski definition) is 5. The summed E-state index contributed by atoms with van der Waals surface area (Å²) in [6.45, 7) is 5.81. The Hall–Kier alpha value is -4.38. The number of aliphatic imine (C=N–C) groups is 2. The Kier molecular flexibility index (Phi) is 12.9. The van der Waals surface area contributed by atoms with Crippen molar-refractivity contribution in [1.29, 1.82) is 0 Å². The minimum Gasteiger partial charge on any atom is -0.487 e. The summed E-state index contributed by atoms with van der Waals surface area (Å²) in [6.07, 6.45) is 1.62. The Morgan fingerprint density at radius 2 is 1.67 bits per heavy atom. The van der Waals surface area contributed by atoms with Gasteiger partial charge in [-0.1, -0.05) is 41.4 Å². The van der Waals surface area contributed by atoms with Crippen molar-refractivity contribution >= 4 is 67.9 Å². The monoisotopic (exact) mass is 762 g/mol. The number of carbonyl (C=O) groups excluding carboxylic acids is 2. The molecule has 0 bridgehead atoms. The van der Waals surface area contributed by atoms with Gasteiger partial charge in [-0.25, -0.2) is 18.4 Å². The molecule has 0 aliphatic carbocycles. The van der Waals surface area contributed by atoms with Crippen LogP contribution in [-0.4, -0.2) is 91.2 Å². The second kappa shape index (κ2) is 16.8. The van der Waals surface area contributed by atoms with Gasteiger partial charge in [-0.3, -0.25) is 14.6 Å². The number of aromatic nitrogens is 1. The molecule has 276 valence electrons. The van der Waals surface area contributed by atoms with Crippen molar-refractivity contribution in [1.82, 2.24) is 19.5 Å². The fourth-order valence-corrected chi connectivity index (χ4v) is 7.91. The number of piperazine rings is 1. The van der Waals surface area contributed by atoms with Gasteiger partial charge >= 0.3 is 0 Å². The second-order valence-electron chi connectivity index (χ2n) is 12.6. The summed E-state index contributed by atoms with van der Waals surface area (Å²) < 4.78 is 36.0. The van der Waals surface area contributed by atoms with Gasteiger partial charge < -0.3 is 37.5 Å². The fraction of sp³-hybridized carbons (Fsp3) is 0.424. The SMILES string of the molecule is Cc1ccc2cccc(OCc3c(Cl)ccc(S(=O)(=O)NC(C)(C)C(=O)N4CCN(C(=O)C(CCCCN=C(N)N)N=C(N)N)CC4)c3Cl)c2n1. The van der Waals surface area contributed by atoms with Crippen LogP contribution in [-0.2, 0) is 26.2 Å². The summed E-state index contributed by atoms with van der Waals surface area (Å²) >= 11 is 13.1. The van der Waals surface area contributed by atoms with E-state index in [-0.39, 0.29) is 71.1 Å². The van der Waals surface area contributed by atoms with E-state index in [4.69, 9.17) is 50.9 Å². The lowest BCUT2D eigenvalue weighted by Gasteiger charge is -2.39. The number of unbranched alkanes of at least 4 members (excludes halogenated alkanes) is 1. The summed E-state index contributed by atoms with van der Waals surface area (Å²) in [5, 5.41) is 0.943. The molecule has 1 atom stereocenters. The summed E-state index contributed by atoms with van der Waals surface area (Å²) in [4.78, 5) is 42.4. The zero-order valence-electron chi connectivity index (χ0n) is 28.7. The maximum atomic E-state index is 13.7. The Bertz CT molecular complexity index is 1920. The van der Waals surface area contributed by atoms with Crippen molar-refractivity contribution in [3.63, 3.8) is 0 Å². The molecule has 3 aromatic rings. The van der Waals surface area contributed by atoms with E-state index in [1.54, 1.807) is 11.0 Å². The molecule has 18 heteroatoms. The molecule has 0 spiro atoms. The van der Waals surface area contributed by atoms with Crippen molar-refractivity contribution in [2.75, 3.05) is 32.7 Å². The Morgan fingerprint density at radius 1 is 0.980 bits per heavy atom. The number of amides is 2. The van der Waals surface area contributed by atoms with Crippen molar-refractivity contribution < 1.29 is 22.7 Å². The van der Waals surface area contributed by atoms with Gasteiger partial charge in [0.1, 0.15) is 34.3 Å². The maximum Gasteiger partial charge on any atom is 0.247 e. The average molecular weight is 764 g/mol. The highest BCUT2D eigenvalue weighted by molar-refractivity contribution is 7.89. The van der Waals surface area contributed by atoms with Crippen molar-refractivity contribution in [3.8, 4) is 5.75 Å². The number of ether oxygens (including phenoxy) is 1. The zero-order chi connectivity index (χ0) is 37.5. The number of hydrogen-bond acceptors (Lipinski definition) is 8. The molecule has 2 amide bonds. The first-order chi connectivity index (χ1) is 24.0. The topological polar surface area (TPSA) is 238 Å². The maximum absolute atomic E-state index is 13.7. The zero-order valence-corrected chi connectivity index (χ0v) is 31.1. The number of carbonyl (C=O) groups is 2. The molecular weight excluding hydrogens is 719 g/mol. The molecule has 0 radical (unpaired) electrons. The van der Waals surface area contributed by atoms with E-state index in [9.17, 15) is 18.0 Å². The van der Waals surface area contributed by atoms with E-state index in [0.29, 0.717) is 37.1 Å². The number of rotatable bonds is 14. The Morgan fingerprint density at radius 3 is 2.33 bits per heavy atom. The minimum atomic E-state index is -4.34. The number of nitrogens with two attached hydrogens (primary N) is 4. The molecule has 2 heterocycles. The number of benzene rings is 2. The first-order valence-electron chi connectivity index (χ1n) is 16.2. The molecule has 1 saturated heterocycles. The van der Waals surface area contributed by atoms with Crippen LogP contribution >= 0.6 is 23.2 Å². The quantitative estimate of drug-likeness (QED) is 0.0912. The summed E-state index contributed by atoms with van der Waals surface area (Å²) in [5.41, 5.74) is 22.0. The van der Waals surface area contributed by atoms with Gasteiger partial charge in [0.15, 0.2) is 11.9 Å². The van der Waals surface area contributed by atoms with Gasteiger partial charge in [-0.05, 0) is 64.3 Å². The van der Waals surface area contributed by atoms with E-state index < -0.39 is 27.5 Å². The number of para-hydroxylation sites is 1. The minimum absolute atomic E-state index is 0.00930. The van der Waals surface area contributed by atoms with E-state index >= 15 is 0 Å². The largest absolute Gasteiger partial charge is 0.487 e. The van der Waals surface area contributed by atoms with Crippen LogP contribution in [0.15, 0.2) is 57.3 Å². The first kappa shape index (κ1) is 39.4. The lowest BCUT2D eigenvalue weighted by molar-refractivity contribution is -0.143. The van der Waals surface area contributed by atoms with Crippen LogP contribution in [0.2, 0.25) is 10.0 Å². The van der Waals surface area contributed by atoms with Crippen LogP contribution in [0.5, 0.6) is 5.75 Å². The highest BCUT2D eigenvalue weighted by Crippen LogP contribution is 2.34. The standard InChI is InChI=1S/C33H44Cl2N10O5S/c1-20-10-11-21-7-6-9-25(28(21)41-20)50-19-22-23(34)12-13-26(27(22)35)51(48,49)43-33(2,3)30(47)45-17-15-44(16-18-45)29(46)24(42-32(38)39)8-4-5-14-40-31(36)37/h6-7,9-13,24,43H,4-5,8,14-19H2,1-3H3,(H4,36,37,40)(H4,38,39,42). The predicted molar refractivity (Wildman–Crippen MR) is 199 cm³/mol. The number of guanidine groups is 2. The van der Waals surface area contributed by atoms with Crippen molar-refractivity contribution in [2.45, 2.75) is 63.1 Å². The number of halogens is 2. The third kappa shape index (κ3) is 10.1. The number of fused-ring (bicyclic) bond motifs is 1. The van der Waals surface area contributed by atoms with Crippen molar-refractivity contribution in [2.24, 2.45) is 32.9 Å². The molecule has 1 aliphatic rings. The Balaban J connectivity index is 1.41. The third-order valence-electron chi connectivity index (χ3n) is 8.21. The normalized spacial score (nSPS) is 14.2. The molecule has 51 heavy (non-hydrogen) atoms. The van der Waals surface area contributed by atoms with Crippen molar-refractivity contribution in [3.05, 3.63) is 63.8 Å². The molecule has 15 nitrogen and oxygen atoms in total. The number of nitrogens with one attached hydrogen (secondary N) is 1. The van der Waals surface area contributed by atoms with Gasteiger partial charge in [-0.2, -0.15) is 4.72 Å². The first-order valence-corrected chi connectivity index (χ1v) is 18.5. The van der Waals surface area contributed by atoms with Crippen LogP contribution in [0.1, 0.15) is 44.4 Å². The number of aryl methyl sites for hydroxylation is 1. The van der Waals surface area contributed by atoms with Crippen LogP contribution in [0.3, 0.4) is 0 Å². The fourth-order valence-electron chi connectivity index (χ4n) is 5.65. The molecule has 4 rings (SSSR count). The molecular formula is C33H44Cl2N10O5S. The second-order valence-corrected chi connectivity index (χ2v) is 15.1. The smallest absolute Gasteiger partial charge is 0.247 e. The van der Waals surface area contributed by atoms with Gasteiger partial charge in [-0.15, -0.1) is 0 Å². The highest BCUT2D eigenvalue weighted by Gasteiger charge is 2.39. The predicted octanol–water partition coefficient (Wildman–Crippen LogP) is 2.24.